The molecule has 2 N–H and O–H groups in total. The van der Waals surface area contributed by atoms with Gasteiger partial charge in [-0.2, -0.15) is 0 Å². The zero-order chi connectivity index (χ0) is 24.6. The van der Waals surface area contributed by atoms with E-state index in [9.17, 15) is 14.4 Å². The fraction of sp³-hybridized carbons (Fsp3) is 0.440. The Balaban J connectivity index is 1.30. The maximum atomic E-state index is 13.1. The molecule has 10 heteroatoms. The Kier molecular flexibility index (Phi) is 8.15. The van der Waals surface area contributed by atoms with Gasteiger partial charge in [0.15, 0.2) is 0 Å². The van der Waals surface area contributed by atoms with E-state index in [-0.39, 0.29) is 30.7 Å². The Bertz CT molecular complexity index is 1010. The highest BCUT2D eigenvalue weighted by molar-refractivity contribution is 5.97. The second kappa shape index (κ2) is 11.7. The molecule has 35 heavy (non-hydrogen) atoms. The van der Waals surface area contributed by atoms with Crippen LogP contribution in [-0.4, -0.2) is 91.0 Å². The second-order valence-corrected chi connectivity index (χ2v) is 8.55. The van der Waals surface area contributed by atoms with Crippen molar-refractivity contribution in [3.8, 4) is 5.75 Å². The third-order valence-electron chi connectivity index (χ3n) is 6.18. The van der Waals surface area contributed by atoms with Gasteiger partial charge in [-0.1, -0.05) is 6.07 Å². The fourth-order valence-electron chi connectivity index (χ4n) is 4.36. The van der Waals surface area contributed by atoms with Crippen LogP contribution in [0.25, 0.3) is 0 Å². The minimum atomic E-state index is -0.825. The van der Waals surface area contributed by atoms with Crippen LogP contribution >= 0.6 is 0 Å². The molecule has 2 aliphatic rings. The van der Waals surface area contributed by atoms with Crippen molar-refractivity contribution in [3.63, 3.8) is 0 Å². The number of aromatic nitrogens is 1. The van der Waals surface area contributed by atoms with Crippen molar-refractivity contribution in [2.45, 2.75) is 19.4 Å². The SMILES string of the molecule is CCOc1ccc(NC(=O)C[C@@H]2C(=O)NCCN2C(=O)CN2CCN(c3ccccn3)CC2)cc1. The van der Waals surface area contributed by atoms with Crippen LogP contribution in [0, 0.1) is 0 Å². The summed E-state index contributed by atoms with van der Waals surface area (Å²) in [4.78, 5) is 48.6. The average Bonchev–Trinajstić information content (AvgIpc) is 2.87. The number of rotatable bonds is 8. The van der Waals surface area contributed by atoms with E-state index in [4.69, 9.17) is 4.74 Å². The molecule has 2 saturated heterocycles. The van der Waals surface area contributed by atoms with Gasteiger partial charge in [0.25, 0.3) is 0 Å². The molecule has 0 aliphatic carbocycles. The van der Waals surface area contributed by atoms with E-state index >= 15 is 0 Å². The standard InChI is InChI=1S/C25H32N6O4/c1-2-35-20-8-6-19(7-9-20)28-23(32)17-21-25(34)27-11-12-31(21)24(33)18-29-13-15-30(16-14-29)22-5-3-4-10-26-22/h3-10,21H,2,11-18H2,1H3,(H,27,34)(H,28,32)/t21-/m1/s1. The molecular weight excluding hydrogens is 448 g/mol. The van der Waals surface area contributed by atoms with E-state index in [0.717, 1.165) is 37.7 Å². The Morgan fingerprint density at radius 2 is 1.86 bits per heavy atom. The number of hydrogen-bond donors (Lipinski definition) is 2. The number of carbonyl (C=O) groups excluding carboxylic acids is 3. The smallest absolute Gasteiger partial charge is 0.243 e. The molecule has 0 radical (unpaired) electrons. The zero-order valence-corrected chi connectivity index (χ0v) is 20.0. The highest BCUT2D eigenvalue weighted by Crippen LogP contribution is 2.18. The molecule has 0 unspecified atom stereocenters. The van der Waals surface area contributed by atoms with Crippen molar-refractivity contribution in [1.82, 2.24) is 20.1 Å². The molecule has 1 atom stereocenters. The number of pyridine rings is 1. The van der Waals surface area contributed by atoms with E-state index < -0.39 is 6.04 Å². The fourth-order valence-corrected chi connectivity index (χ4v) is 4.36. The molecule has 2 fully saturated rings. The summed E-state index contributed by atoms with van der Waals surface area (Å²) in [6.45, 7) is 6.47. The highest BCUT2D eigenvalue weighted by Gasteiger charge is 2.35. The van der Waals surface area contributed by atoms with Crippen LogP contribution in [0.2, 0.25) is 0 Å². The predicted molar refractivity (Wildman–Crippen MR) is 132 cm³/mol. The van der Waals surface area contributed by atoms with Gasteiger partial charge in [0.05, 0.1) is 19.6 Å². The first-order valence-electron chi connectivity index (χ1n) is 12.0. The molecule has 2 aromatic rings. The molecule has 3 heterocycles. The monoisotopic (exact) mass is 480 g/mol. The van der Waals surface area contributed by atoms with Gasteiger partial charge >= 0.3 is 0 Å². The lowest BCUT2D eigenvalue weighted by Gasteiger charge is -2.38. The van der Waals surface area contributed by atoms with Crippen molar-refractivity contribution in [3.05, 3.63) is 48.7 Å². The number of benzene rings is 1. The molecule has 1 aromatic heterocycles. The van der Waals surface area contributed by atoms with E-state index in [2.05, 4.69) is 25.4 Å². The summed E-state index contributed by atoms with van der Waals surface area (Å²) in [6.07, 6.45) is 1.68. The number of ether oxygens (including phenoxy) is 1. The van der Waals surface area contributed by atoms with E-state index in [0.29, 0.717) is 25.4 Å². The first-order chi connectivity index (χ1) is 17.0. The van der Waals surface area contributed by atoms with Crippen molar-refractivity contribution in [2.75, 3.05) is 62.6 Å². The van der Waals surface area contributed by atoms with Gasteiger partial charge in [0, 0.05) is 51.2 Å². The summed E-state index contributed by atoms with van der Waals surface area (Å²) in [5.41, 5.74) is 0.610. The number of anilines is 2. The first kappa shape index (κ1) is 24.5. The number of nitrogens with one attached hydrogen (secondary N) is 2. The lowest BCUT2D eigenvalue weighted by molar-refractivity contribution is -0.145. The van der Waals surface area contributed by atoms with Gasteiger partial charge in [0.2, 0.25) is 17.7 Å². The zero-order valence-electron chi connectivity index (χ0n) is 20.0. The summed E-state index contributed by atoms with van der Waals surface area (Å²) in [5.74, 6) is 0.897. The lowest BCUT2D eigenvalue weighted by atomic mass is 10.1. The second-order valence-electron chi connectivity index (χ2n) is 8.55. The Hall–Kier alpha value is -3.66. The van der Waals surface area contributed by atoms with Gasteiger partial charge < -0.3 is 25.2 Å². The lowest BCUT2D eigenvalue weighted by Crippen LogP contribution is -2.60. The number of amides is 3. The van der Waals surface area contributed by atoms with Gasteiger partial charge in [-0.05, 0) is 43.3 Å². The third kappa shape index (κ3) is 6.48. The van der Waals surface area contributed by atoms with E-state index in [1.165, 1.54) is 0 Å². The quantitative estimate of drug-likeness (QED) is 0.580. The Labute approximate surface area is 205 Å². The molecule has 0 saturated carbocycles. The summed E-state index contributed by atoms with van der Waals surface area (Å²) < 4.78 is 5.41. The van der Waals surface area contributed by atoms with E-state index in [1.807, 2.05) is 25.1 Å². The molecule has 2 aliphatic heterocycles. The topological polar surface area (TPSA) is 107 Å². The van der Waals surface area contributed by atoms with Crippen LogP contribution in [0.3, 0.4) is 0 Å². The minimum absolute atomic E-state index is 0.0990. The Morgan fingerprint density at radius 1 is 1.09 bits per heavy atom. The number of hydrogen-bond acceptors (Lipinski definition) is 7. The summed E-state index contributed by atoms with van der Waals surface area (Å²) >= 11 is 0. The largest absolute Gasteiger partial charge is 0.494 e. The van der Waals surface area contributed by atoms with Crippen LogP contribution in [0.15, 0.2) is 48.7 Å². The maximum Gasteiger partial charge on any atom is 0.243 e. The van der Waals surface area contributed by atoms with Crippen molar-refractivity contribution in [2.24, 2.45) is 0 Å². The molecule has 186 valence electrons. The Morgan fingerprint density at radius 3 is 2.54 bits per heavy atom. The molecule has 0 bridgehead atoms. The minimum Gasteiger partial charge on any atom is -0.494 e. The van der Waals surface area contributed by atoms with Crippen LogP contribution < -0.4 is 20.3 Å². The van der Waals surface area contributed by atoms with E-state index in [1.54, 1.807) is 35.4 Å². The first-order valence-corrected chi connectivity index (χ1v) is 12.0. The van der Waals surface area contributed by atoms with Gasteiger partial charge in [-0.15, -0.1) is 0 Å². The molecule has 0 spiro atoms. The molecule has 10 nitrogen and oxygen atoms in total. The number of nitrogens with zero attached hydrogens (tertiary/aromatic N) is 4. The van der Waals surface area contributed by atoms with Crippen LogP contribution in [0.4, 0.5) is 11.5 Å². The molecule has 4 rings (SSSR count). The van der Waals surface area contributed by atoms with Crippen molar-refractivity contribution < 1.29 is 19.1 Å². The third-order valence-corrected chi connectivity index (χ3v) is 6.18. The van der Waals surface area contributed by atoms with Crippen molar-refractivity contribution in [1.29, 1.82) is 0 Å². The van der Waals surface area contributed by atoms with Gasteiger partial charge in [-0.25, -0.2) is 4.98 Å². The number of piperazine rings is 2. The predicted octanol–water partition coefficient (Wildman–Crippen LogP) is 0.958. The summed E-state index contributed by atoms with van der Waals surface area (Å²) in [5, 5.41) is 5.58. The van der Waals surface area contributed by atoms with Crippen LogP contribution in [0.1, 0.15) is 13.3 Å². The molecule has 3 amide bonds. The average molecular weight is 481 g/mol. The van der Waals surface area contributed by atoms with Crippen LogP contribution in [-0.2, 0) is 14.4 Å². The van der Waals surface area contributed by atoms with Crippen LogP contribution in [0.5, 0.6) is 5.75 Å². The maximum absolute atomic E-state index is 13.1. The molecular formula is C25H32N6O4. The van der Waals surface area contributed by atoms with Crippen molar-refractivity contribution >= 4 is 29.2 Å². The number of carbonyl (C=O) groups is 3. The highest BCUT2D eigenvalue weighted by atomic mass is 16.5. The normalized spacial score (nSPS) is 18.7. The molecule has 1 aromatic carbocycles. The van der Waals surface area contributed by atoms with Gasteiger partial charge in [0.1, 0.15) is 17.6 Å². The summed E-state index contributed by atoms with van der Waals surface area (Å²) in [7, 11) is 0. The summed E-state index contributed by atoms with van der Waals surface area (Å²) in [6, 6.07) is 12.1. The van der Waals surface area contributed by atoms with Gasteiger partial charge in [-0.3, -0.25) is 19.3 Å².